The summed E-state index contributed by atoms with van der Waals surface area (Å²) < 4.78 is 18.3. The summed E-state index contributed by atoms with van der Waals surface area (Å²) in [7, 11) is 1.25. The van der Waals surface area contributed by atoms with Crippen molar-refractivity contribution in [3.63, 3.8) is 0 Å². The highest BCUT2D eigenvalue weighted by atomic mass is 19.1. The Morgan fingerprint density at radius 1 is 1.12 bits per heavy atom. The van der Waals surface area contributed by atoms with Crippen LogP contribution in [-0.2, 0) is 16.0 Å². The second kappa shape index (κ2) is 8.10. The van der Waals surface area contributed by atoms with E-state index in [1.807, 2.05) is 24.3 Å². The number of aryl methyl sites for hydroxylation is 1. The Hall–Kier alpha value is -2.89. The van der Waals surface area contributed by atoms with Gasteiger partial charge in [0.25, 0.3) is 0 Å². The van der Waals surface area contributed by atoms with Gasteiger partial charge in [-0.05, 0) is 42.3 Å². The minimum absolute atomic E-state index is 0.0642. The molecule has 0 aliphatic rings. The van der Waals surface area contributed by atoms with E-state index in [-0.39, 0.29) is 23.7 Å². The highest BCUT2D eigenvalue weighted by Gasteiger charge is 2.11. The molecule has 0 unspecified atom stereocenters. The van der Waals surface area contributed by atoms with Gasteiger partial charge >= 0.3 is 5.97 Å². The van der Waals surface area contributed by atoms with Gasteiger partial charge in [-0.1, -0.05) is 19.1 Å². The molecule has 0 fully saturated rings. The van der Waals surface area contributed by atoms with Crippen LogP contribution < -0.4 is 10.6 Å². The van der Waals surface area contributed by atoms with Crippen molar-refractivity contribution >= 4 is 23.3 Å². The van der Waals surface area contributed by atoms with Gasteiger partial charge in [0.2, 0.25) is 5.91 Å². The number of nitrogens with one attached hydrogen (secondary N) is 2. The predicted molar refractivity (Wildman–Crippen MR) is 90.7 cm³/mol. The zero-order chi connectivity index (χ0) is 17.5. The van der Waals surface area contributed by atoms with Crippen molar-refractivity contribution in [3.05, 3.63) is 59.4 Å². The van der Waals surface area contributed by atoms with Gasteiger partial charge in [-0.15, -0.1) is 0 Å². The van der Waals surface area contributed by atoms with Gasteiger partial charge in [0.15, 0.2) is 0 Å². The Morgan fingerprint density at radius 3 is 2.46 bits per heavy atom. The van der Waals surface area contributed by atoms with Crippen LogP contribution in [0.1, 0.15) is 22.8 Å². The van der Waals surface area contributed by atoms with Crippen molar-refractivity contribution in [1.82, 2.24) is 0 Å². The van der Waals surface area contributed by atoms with Crippen molar-refractivity contribution in [2.75, 3.05) is 24.3 Å². The SMILES string of the molecule is CCc1ccc(NC(=O)CNc2cc(C(=O)OC)ccc2F)cc1. The molecule has 0 saturated heterocycles. The molecule has 2 rings (SSSR count). The normalized spacial score (nSPS) is 10.1. The number of hydrogen-bond acceptors (Lipinski definition) is 4. The maximum absolute atomic E-state index is 13.8. The highest BCUT2D eigenvalue weighted by Crippen LogP contribution is 2.17. The molecule has 2 aromatic rings. The fraction of sp³-hybridized carbons (Fsp3) is 0.222. The number of methoxy groups -OCH3 is 1. The number of hydrogen-bond donors (Lipinski definition) is 2. The first kappa shape index (κ1) is 17.5. The number of esters is 1. The van der Waals surface area contributed by atoms with Gasteiger partial charge in [0.05, 0.1) is 24.9 Å². The van der Waals surface area contributed by atoms with Crippen molar-refractivity contribution in [2.24, 2.45) is 0 Å². The van der Waals surface area contributed by atoms with Gasteiger partial charge in [-0.3, -0.25) is 4.79 Å². The van der Waals surface area contributed by atoms with Crippen LogP contribution in [0.3, 0.4) is 0 Å². The molecule has 0 aliphatic heterocycles. The van der Waals surface area contributed by atoms with Gasteiger partial charge in [-0.25, -0.2) is 9.18 Å². The molecule has 5 nitrogen and oxygen atoms in total. The first-order valence-corrected chi connectivity index (χ1v) is 7.54. The first-order valence-electron chi connectivity index (χ1n) is 7.54. The Morgan fingerprint density at radius 2 is 1.83 bits per heavy atom. The number of rotatable bonds is 6. The average Bonchev–Trinajstić information content (AvgIpc) is 2.61. The summed E-state index contributed by atoms with van der Waals surface area (Å²) in [5, 5.41) is 5.40. The molecular weight excluding hydrogens is 311 g/mol. The summed E-state index contributed by atoms with van der Waals surface area (Å²) in [6, 6.07) is 11.3. The lowest BCUT2D eigenvalue weighted by atomic mass is 10.1. The van der Waals surface area contributed by atoms with Crippen LogP contribution in [0.2, 0.25) is 0 Å². The van der Waals surface area contributed by atoms with E-state index < -0.39 is 11.8 Å². The zero-order valence-corrected chi connectivity index (χ0v) is 13.6. The maximum Gasteiger partial charge on any atom is 0.337 e. The summed E-state index contributed by atoms with van der Waals surface area (Å²) in [6.07, 6.45) is 0.922. The smallest absolute Gasteiger partial charge is 0.337 e. The van der Waals surface area contributed by atoms with Crippen molar-refractivity contribution in [2.45, 2.75) is 13.3 Å². The van der Waals surface area contributed by atoms with Gasteiger partial charge in [0, 0.05) is 5.69 Å². The number of benzene rings is 2. The molecule has 2 aromatic carbocycles. The lowest BCUT2D eigenvalue weighted by Gasteiger charge is -2.10. The molecule has 1 amide bonds. The Kier molecular flexibility index (Phi) is 5.89. The molecule has 0 spiro atoms. The summed E-state index contributed by atoms with van der Waals surface area (Å²) in [4.78, 5) is 23.4. The number of amides is 1. The van der Waals surface area contributed by atoms with Crippen LogP contribution in [0, 0.1) is 5.82 Å². The fourth-order valence-electron chi connectivity index (χ4n) is 2.11. The topological polar surface area (TPSA) is 67.4 Å². The molecule has 0 heterocycles. The zero-order valence-electron chi connectivity index (χ0n) is 13.6. The largest absolute Gasteiger partial charge is 0.465 e. The van der Waals surface area contributed by atoms with Crippen molar-refractivity contribution in [1.29, 1.82) is 0 Å². The number of carbonyl (C=O) groups excluding carboxylic acids is 2. The quantitative estimate of drug-likeness (QED) is 0.798. The molecule has 0 saturated carbocycles. The summed E-state index contributed by atoms with van der Waals surface area (Å²) in [6.45, 7) is 1.92. The van der Waals surface area contributed by atoms with Crippen LogP contribution in [0.15, 0.2) is 42.5 Å². The number of carbonyl (C=O) groups is 2. The Labute approximate surface area is 139 Å². The third-order valence-corrected chi connectivity index (χ3v) is 3.47. The van der Waals surface area contributed by atoms with Crippen LogP contribution in [-0.4, -0.2) is 25.5 Å². The van der Waals surface area contributed by atoms with Gasteiger partial charge in [-0.2, -0.15) is 0 Å². The maximum atomic E-state index is 13.8. The number of anilines is 2. The van der Waals surface area contributed by atoms with E-state index in [2.05, 4.69) is 22.3 Å². The minimum atomic E-state index is -0.571. The van der Waals surface area contributed by atoms with Crippen LogP contribution in [0.4, 0.5) is 15.8 Å². The summed E-state index contributed by atoms with van der Waals surface area (Å²) in [5.41, 5.74) is 2.11. The molecule has 0 aromatic heterocycles. The molecule has 6 heteroatoms. The van der Waals surface area contributed by atoms with E-state index in [1.54, 1.807) is 0 Å². The molecule has 24 heavy (non-hydrogen) atoms. The lowest BCUT2D eigenvalue weighted by Crippen LogP contribution is -2.22. The Bertz CT molecular complexity index is 730. The number of halogens is 1. The van der Waals surface area contributed by atoms with E-state index in [0.29, 0.717) is 5.69 Å². The second-order valence-corrected chi connectivity index (χ2v) is 5.14. The van der Waals surface area contributed by atoms with Crippen molar-refractivity contribution < 1.29 is 18.7 Å². The third-order valence-electron chi connectivity index (χ3n) is 3.47. The van der Waals surface area contributed by atoms with E-state index in [4.69, 9.17) is 0 Å². The molecule has 0 aliphatic carbocycles. The van der Waals surface area contributed by atoms with E-state index in [0.717, 1.165) is 12.5 Å². The molecule has 2 N–H and O–H groups in total. The monoisotopic (exact) mass is 330 g/mol. The minimum Gasteiger partial charge on any atom is -0.465 e. The second-order valence-electron chi connectivity index (χ2n) is 5.14. The lowest BCUT2D eigenvalue weighted by molar-refractivity contribution is -0.114. The van der Waals surface area contributed by atoms with E-state index >= 15 is 0 Å². The molecule has 126 valence electrons. The molecule has 0 radical (unpaired) electrons. The van der Waals surface area contributed by atoms with E-state index in [1.165, 1.54) is 24.8 Å². The fourth-order valence-corrected chi connectivity index (χ4v) is 2.11. The summed E-state index contributed by atoms with van der Waals surface area (Å²) in [5.74, 6) is -1.44. The Balaban J connectivity index is 1.96. The van der Waals surface area contributed by atoms with Crippen molar-refractivity contribution in [3.8, 4) is 0 Å². The summed E-state index contributed by atoms with van der Waals surface area (Å²) >= 11 is 0. The molecular formula is C18H19FN2O3. The average molecular weight is 330 g/mol. The van der Waals surface area contributed by atoms with Crippen LogP contribution in [0.25, 0.3) is 0 Å². The van der Waals surface area contributed by atoms with Crippen LogP contribution >= 0.6 is 0 Å². The molecule has 0 atom stereocenters. The first-order chi connectivity index (χ1) is 11.5. The highest BCUT2D eigenvalue weighted by molar-refractivity contribution is 5.94. The van der Waals surface area contributed by atoms with Gasteiger partial charge < -0.3 is 15.4 Å². The van der Waals surface area contributed by atoms with E-state index in [9.17, 15) is 14.0 Å². The third kappa shape index (κ3) is 4.55. The van der Waals surface area contributed by atoms with Crippen LogP contribution in [0.5, 0.6) is 0 Å². The van der Waals surface area contributed by atoms with Gasteiger partial charge in [0.1, 0.15) is 5.82 Å². The predicted octanol–water partition coefficient (Wildman–Crippen LogP) is 3.23. The number of ether oxygens (including phenoxy) is 1. The molecule has 0 bridgehead atoms. The standard InChI is InChI=1S/C18H19FN2O3/c1-3-12-4-7-14(8-5-12)21-17(22)11-20-16-10-13(18(23)24-2)6-9-15(16)19/h4-10,20H,3,11H2,1-2H3,(H,21,22).